The molecule has 0 aliphatic carbocycles. The zero-order valence-electron chi connectivity index (χ0n) is 13.6. The summed E-state index contributed by atoms with van der Waals surface area (Å²) < 4.78 is 1.16. The van der Waals surface area contributed by atoms with Crippen molar-refractivity contribution in [1.82, 2.24) is 20.3 Å². The highest BCUT2D eigenvalue weighted by molar-refractivity contribution is 7.18. The van der Waals surface area contributed by atoms with Crippen LogP contribution in [0.25, 0.3) is 21.3 Å². The molecular formula is C19H16N4OS. The SMILES string of the molecule is CC(Cc1nc2ccccc2s1)NC(=O)c1cnc2ccccc2n1. The molecule has 0 aliphatic rings. The molecule has 0 saturated heterocycles. The molecule has 25 heavy (non-hydrogen) atoms. The fourth-order valence-corrected chi connectivity index (χ4v) is 3.78. The van der Waals surface area contributed by atoms with Crippen molar-refractivity contribution in [3.8, 4) is 0 Å². The van der Waals surface area contributed by atoms with Crippen LogP contribution in [0.4, 0.5) is 0 Å². The molecule has 0 fully saturated rings. The van der Waals surface area contributed by atoms with Gasteiger partial charge >= 0.3 is 0 Å². The van der Waals surface area contributed by atoms with Gasteiger partial charge in [0.1, 0.15) is 5.69 Å². The van der Waals surface area contributed by atoms with Gasteiger partial charge in [0.15, 0.2) is 0 Å². The Kier molecular flexibility index (Phi) is 4.11. The average Bonchev–Trinajstić information content (AvgIpc) is 3.03. The van der Waals surface area contributed by atoms with Crippen LogP contribution in [0.5, 0.6) is 0 Å². The minimum atomic E-state index is -0.216. The summed E-state index contributed by atoms with van der Waals surface area (Å²) in [6.45, 7) is 1.97. The monoisotopic (exact) mass is 348 g/mol. The number of rotatable bonds is 4. The third-order valence-electron chi connectivity index (χ3n) is 3.88. The summed E-state index contributed by atoms with van der Waals surface area (Å²) in [5, 5.41) is 3.99. The summed E-state index contributed by atoms with van der Waals surface area (Å²) in [4.78, 5) is 25.7. The molecule has 1 atom stereocenters. The first-order valence-electron chi connectivity index (χ1n) is 8.06. The Morgan fingerprint density at radius 1 is 1.04 bits per heavy atom. The van der Waals surface area contributed by atoms with Gasteiger partial charge in [0.05, 0.1) is 32.5 Å². The number of nitrogens with one attached hydrogen (secondary N) is 1. The third kappa shape index (κ3) is 3.34. The summed E-state index contributed by atoms with van der Waals surface area (Å²) in [6, 6.07) is 15.5. The van der Waals surface area contributed by atoms with Crippen molar-refractivity contribution in [3.63, 3.8) is 0 Å². The number of para-hydroxylation sites is 3. The van der Waals surface area contributed by atoms with E-state index < -0.39 is 0 Å². The Morgan fingerprint density at radius 3 is 2.56 bits per heavy atom. The Balaban J connectivity index is 1.47. The molecule has 4 aromatic rings. The highest BCUT2D eigenvalue weighted by atomic mass is 32.1. The van der Waals surface area contributed by atoms with Gasteiger partial charge in [-0.05, 0) is 31.2 Å². The number of aromatic nitrogens is 3. The highest BCUT2D eigenvalue weighted by Gasteiger charge is 2.14. The van der Waals surface area contributed by atoms with Crippen LogP contribution in [-0.2, 0) is 6.42 Å². The van der Waals surface area contributed by atoms with Gasteiger partial charge in [-0.1, -0.05) is 24.3 Å². The van der Waals surface area contributed by atoms with E-state index in [2.05, 4.69) is 26.3 Å². The summed E-state index contributed by atoms with van der Waals surface area (Å²) in [5.41, 5.74) is 2.83. The van der Waals surface area contributed by atoms with Gasteiger partial charge in [0.25, 0.3) is 5.91 Å². The molecule has 0 aliphatic heterocycles. The van der Waals surface area contributed by atoms with Gasteiger partial charge in [-0.2, -0.15) is 0 Å². The molecule has 0 spiro atoms. The highest BCUT2D eigenvalue weighted by Crippen LogP contribution is 2.22. The van der Waals surface area contributed by atoms with Gasteiger partial charge in [-0.15, -0.1) is 11.3 Å². The Hall–Kier alpha value is -2.86. The van der Waals surface area contributed by atoms with Crippen LogP contribution in [0.2, 0.25) is 0 Å². The molecule has 0 bridgehead atoms. The van der Waals surface area contributed by atoms with E-state index in [-0.39, 0.29) is 11.9 Å². The van der Waals surface area contributed by atoms with Gasteiger partial charge in [0.2, 0.25) is 0 Å². The first-order valence-corrected chi connectivity index (χ1v) is 8.88. The van der Waals surface area contributed by atoms with Crippen LogP contribution in [0, 0.1) is 0 Å². The minimum Gasteiger partial charge on any atom is -0.348 e. The van der Waals surface area contributed by atoms with Crippen molar-refractivity contribution in [3.05, 3.63) is 65.4 Å². The lowest BCUT2D eigenvalue weighted by Gasteiger charge is -2.12. The van der Waals surface area contributed by atoms with Crippen molar-refractivity contribution < 1.29 is 4.79 Å². The van der Waals surface area contributed by atoms with Crippen molar-refractivity contribution >= 4 is 38.5 Å². The number of amides is 1. The van der Waals surface area contributed by atoms with E-state index in [0.717, 1.165) is 20.7 Å². The smallest absolute Gasteiger partial charge is 0.271 e. The van der Waals surface area contributed by atoms with Crippen LogP contribution in [0.1, 0.15) is 22.4 Å². The average molecular weight is 348 g/mol. The molecular weight excluding hydrogens is 332 g/mol. The quantitative estimate of drug-likeness (QED) is 0.612. The maximum Gasteiger partial charge on any atom is 0.271 e. The van der Waals surface area contributed by atoms with E-state index in [1.807, 2.05) is 49.4 Å². The predicted octanol–water partition coefficient (Wildman–Crippen LogP) is 3.60. The van der Waals surface area contributed by atoms with E-state index in [9.17, 15) is 4.79 Å². The summed E-state index contributed by atoms with van der Waals surface area (Å²) in [6.07, 6.45) is 2.20. The molecule has 2 aromatic carbocycles. The van der Waals surface area contributed by atoms with E-state index >= 15 is 0 Å². The van der Waals surface area contributed by atoms with E-state index in [1.54, 1.807) is 11.3 Å². The first-order chi connectivity index (χ1) is 12.2. The van der Waals surface area contributed by atoms with E-state index in [4.69, 9.17) is 0 Å². The lowest BCUT2D eigenvalue weighted by molar-refractivity contribution is 0.0935. The van der Waals surface area contributed by atoms with E-state index in [1.165, 1.54) is 6.20 Å². The molecule has 0 saturated carbocycles. The third-order valence-corrected chi connectivity index (χ3v) is 4.94. The number of carbonyl (C=O) groups excluding carboxylic acids is 1. The number of thiazole rings is 1. The number of benzene rings is 2. The predicted molar refractivity (Wildman–Crippen MR) is 99.8 cm³/mol. The Labute approximate surface area is 148 Å². The molecule has 1 unspecified atom stereocenters. The Morgan fingerprint density at radius 2 is 1.76 bits per heavy atom. The van der Waals surface area contributed by atoms with Crippen molar-refractivity contribution in [1.29, 1.82) is 0 Å². The fourth-order valence-electron chi connectivity index (χ4n) is 2.68. The van der Waals surface area contributed by atoms with Crippen LogP contribution in [0.3, 0.4) is 0 Å². The number of nitrogens with zero attached hydrogens (tertiary/aromatic N) is 3. The molecule has 5 nitrogen and oxygen atoms in total. The van der Waals surface area contributed by atoms with Gasteiger partial charge in [-0.25, -0.2) is 9.97 Å². The van der Waals surface area contributed by atoms with Crippen LogP contribution in [0.15, 0.2) is 54.7 Å². The number of hydrogen-bond acceptors (Lipinski definition) is 5. The molecule has 2 aromatic heterocycles. The molecule has 1 amide bonds. The number of fused-ring (bicyclic) bond motifs is 2. The van der Waals surface area contributed by atoms with Crippen molar-refractivity contribution in [2.75, 3.05) is 0 Å². The summed E-state index contributed by atoms with van der Waals surface area (Å²) in [7, 11) is 0. The summed E-state index contributed by atoms with van der Waals surface area (Å²) >= 11 is 1.66. The summed E-state index contributed by atoms with van der Waals surface area (Å²) in [5.74, 6) is -0.216. The second kappa shape index (κ2) is 6.57. The van der Waals surface area contributed by atoms with Gasteiger partial charge in [0, 0.05) is 12.5 Å². The molecule has 1 N–H and O–H groups in total. The van der Waals surface area contributed by atoms with Gasteiger partial charge < -0.3 is 5.32 Å². The molecule has 6 heteroatoms. The Bertz CT molecular complexity index is 1030. The van der Waals surface area contributed by atoms with Crippen LogP contribution >= 0.6 is 11.3 Å². The second-order valence-corrected chi connectivity index (χ2v) is 7.01. The zero-order valence-corrected chi connectivity index (χ0v) is 14.5. The maximum atomic E-state index is 12.4. The first kappa shape index (κ1) is 15.7. The largest absolute Gasteiger partial charge is 0.348 e. The lowest BCUT2D eigenvalue weighted by Crippen LogP contribution is -2.34. The lowest BCUT2D eigenvalue weighted by atomic mass is 10.2. The molecule has 2 heterocycles. The van der Waals surface area contributed by atoms with E-state index in [0.29, 0.717) is 17.6 Å². The van der Waals surface area contributed by atoms with Crippen LogP contribution in [-0.4, -0.2) is 26.9 Å². The molecule has 0 radical (unpaired) electrons. The van der Waals surface area contributed by atoms with Crippen molar-refractivity contribution in [2.45, 2.75) is 19.4 Å². The molecule has 4 rings (SSSR count). The standard InChI is InChI=1S/C19H16N4OS/c1-12(10-18-23-15-8-4-5-9-17(15)25-18)21-19(24)16-11-20-13-6-2-3-7-14(13)22-16/h2-9,11-12H,10H2,1H3,(H,21,24). The van der Waals surface area contributed by atoms with Crippen LogP contribution < -0.4 is 5.32 Å². The normalized spacial score (nSPS) is 12.4. The topological polar surface area (TPSA) is 67.8 Å². The van der Waals surface area contributed by atoms with Gasteiger partial charge in [-0.3, -0.25) is 9.78 Å². The molecule has 124 valence electrons. The van der Waals surface area contributed by atoms with Crippen molar-refractivity contribution in [2.24, 2.45) is 0 Å². The number of carbonyl (C=O) groups is 1. The number of hydrogen-bond donors (Lipinski definition) is 1. The minimum absolute atomic E-state index is 0.0404. The maximum absolute atomic E-state index is 12.4. The zero-order chi connectivity index (χ0) is 17.2. The fraction of sp³-hybridized carbons (Fsp3) is 0.158. The second-order valence-electron chi connectivity index (χ2n) is 5.90.